The van der Waals surface area contributed by atoms with Crippen LogP contribution in [-0.4, -0.2) is 23.6 Å². The summed E-state index contributed by atoms with van der Waals surface area (Å²) in [5.74, 6) is 0.852. The van der Waals surface area contributed by atoms with Crippen molar-refractivity contribution < 1.29 is 13.5 Å². The van der Waals surface area contributed by atoms with Gasteiger partial charge in [0.15, 0.2) is 0 Å². The molecule has 0 saturated carbocycles. The van der Waals surface area contributed by atoms with Gasteiger partial charge in [0.25, 0.3) is 0 Å². The van der Waals surface area contributed by atoms with Crippen LogP contribution in [0.5, 0.6) is 5.75 Å². The Balaban J connectivity index is 2.15. The first kappa shape index (κ1) is 15.0. The molecule has 3 N–H and O–H groups in total. The molecule has 0 atom stereocenters. The number of ether oxygens (including phenoxy) is 1. The van der Waals surface area contributed by atoms with Crippen molar-refractivity contribution in [2.45, 2.75) is 6.61 Å². The van der Waals surface area contributed by atoms with Crippen LogP contribution in [0, 0.1) is 0 Å². The summed E-state index contributed by atoms with van der Waals surface area (Å²) in [5.41, 5.74) is 7.57. The lowest BCUT2D eigenvalue weighted by Crippen LogP contribution is -2.03. The summed E-state index contributed by atoms with van der Waals surface area (Å²) < 4.78 is 29.7. The molecular formula is C16H14F2N4O. The van der Waals surface area contributed by atoms with E-state index in [0.717, 1.165) is 5.39 Å². The number of halogens is 2. The van der Waals surface area contributed by atoms with Gasteiger partial charge in [-0.05, 0) is 23.8 Å². The summed E-state index contributed by atoms with van der Waals surface area (Å²) in [7, 11) is 1.74. The van der Waals surface area contributed by atoms with Gasteiger partial charge in [-0.1, -0.05) is 24.3 Å². The smallest absolute Gasteiger partial charge is 0.387 e. The van der Waals surface area contributed by atoms with Crippen molar-refractivity contribution in [3.8, 4) is 16.9 Å². The maximum atomic E-state index is 12.6. The zero-order valence-electron chi connectivity index (χ0n) is 12.3. The monoisotopic (exact) mass is 316 g/mol. The molecule has 7 heteroatoms. The lowest BCUT2D eigenvalue weighted by molar-refractivity contribution is -0.0494. The number of nitrogens with zero attached hydrogens (tertiary/aromatic N) is 2. The number of anilines is 2. The minimum atomic E-state index is -2.88. The third kappa shape index (κ3) is 2.98. The average Bonchev–Trinajstić information content (AvgIpc) is 2.53. The number of alkyl halides is 2. The average molecular weight is 316 g/mol. The van der Waals surface area contributed by atoms with Crippen molar-refractivity contribution in [2.24, 2.45) is 0 Å². The molecule has 0 saturated heterocycles. The number of nitrogens with two attached hydrogens (primary N) is 1. The van der Waals surface area contributed by atoms with Crippen molar-refractivity contribution in [3.63, 3.8) is 0 Å². The molecule has 2 aromatic carbocycles. The highest BCUT2D eigenvalue weighted by atomic mass is 19.3. The number of nitrogens with one attached hydrogen (secondary N) is 1. The summed E-state index contributed by atoms with van der Waals surface area (Å²) >= 11 is 0. The first-order chi connectivity index (χ1) is 11.1. The molecule has 23 heavy (non-hydrogen) atoms. The number of nitrogen functional groups attached to an aromatic ring is 1. The number of hydrogen-bond acceptors (Lipinski definition) is 5. The Hall–Kier alpha value is -2.96. The van der Waals surface area contributed by atoms with E-state index in [0.29, 0.717) is 22.5 Å². The van der Waals surface area contributed by atoms with Gasteiger partial charge < -0.3 is 15.8 Å². The molecule has 0 aliphatic heterocycles. The first-order valence-corrected chi connectivity index (χ1v) is 6.87. The number of rotatable bonds is 4. The maximum absolute atomic E-state index is 12.6. The molecule has 0 radical (unpaired) electrons. The van der Waals surface area contributed by atoms with E-state index >= 15 is 0 Å². The normalized spacial score (nSPS) is 11.0. The fourth-order valence-electron chi connectivity index (χ4n) is 2.41. The fraction of sp³-hybridized carbons (Fsp3) is 0.125. The largest absolute Gasteiger partial charge is 0.434 e. The van der Waals surface area contributed by atoms with Crippen molar-refractivity contribution in [3.05, 3.63) is 42.5 Å². The van der Waals surface area contributed by atoms with Crippen molar-refractivity contribution in [1.29, 1.82) is 0 Å². The first-order valence-electron chi connectivity index (χ1n) is 6.87. The van der Waals surface area contributed by atoms with Gasteiger partial charge in [-0.15, -0.1) is 0 Å². The van der Waals surface area contributed by atoms with E-state index in [9.17, 15) is 8.78 Å². The van der Waals surface area contributed by atoms with Crippen LogP contribution >= 0.6 is 0 Å². The highest BCUT2D eigenvalue weighted by molar-refractivity contribution is 5.93. The number of benzene rings is 2. The second-order valence-electron chi connectivity index (χ2n) is 4.79. The van der Waals surface area contributed by atoms with Crippen molar-refractivity contribution in [2.75, 3.05) is 18.1 Å². The number of aromatic nitrogens is 2. The Morgan fingerprint density at radius 1 is 1.13 bits per heavy atom. The van der Waals surface area contributed by atoms with Crippen LogP contribution in [0.3, 0.4) is 0 Å². The Bertz CT molecular complexity index is 855. The summed E-state index contributed by atoms with van der Waals surface area (Å²) in [4.78, 5) is 8.31. The van der Waals surface area contributed by atoms with Crippen LogP contribution in [0.1, 0.15) is 0 Å². The van der Waals surface area contributed by atoms with Gasteiger partial charge >= 0.3 is 6.61 Å². The van der Waals surface area contributed by atoms with Crippen LogP contribution < -0.4 is 15.8 Å². The van der Waals surface area contributed by atoms with Crippen LogP contribution in [-0.2, 0) is 0 Å². The van der Waals surface area contributed by atoms with Crippen molar-refractivity contribution in [1.82, 2.24) is 9.97 Å². The van der Waals surface area contributed by atoms with Gasteiger partial charge in [0, 0.05) is 18.0 Å². The molecule has 0 fully saturated rings. The van der Waals surface area contributed by atoms with E-state index in [-0.39, 0.29) is 11.7 Å². The van der Waals surface area contributed by atoms with E-state index < -0.39 is 6.61 Å². The van der Waals surface area contributed by atoms with Crippen LogP contribution in [0.2, 0.25) is 0 Å². The number of para-hydroxylation sites is 1. The Labute approximate surface area is 131 Å². The van der Waals surface area contributed by atoms with Crippen LogP contribution in [0.25, 0.3) is 22.0 Å². The highest BCUT2D eigenvalue weighted by Crippen LogP contribution is 2.33. The zero-order valence-corrected chi connectivity index (χ0v) is 12.3. The van der Waals surface area contributed by atoms with E-state index in [2.05, 4.69) is 20.0 Å². The number of hydrogen-bond donors (Lipinski definition) is 2. The van der Waals surface area contributed by atoms with Gasteiger partial charge in [0.2, 0.25) is 5.95 Å². The van der Waals surface area contributed by atoms with Gasteiger partial charge in [-0.2, -0.15) is 13.8 Å². The van der Waals surface area contributed by atoms with E-state index in [4.69, 9.17) is 5.73 Å². The highest BCUT2D eigenvalue weighted by Gasteiger charge is 2.12. The lowest BCUT2D eigenvalue weighted by Gasteiger charge is -2.12. The molecule has 118 valence electrons. The molecule has 1 heterocycles. The number of fused-ring (bicyclic) bond motifs is 1. The van der Waals surface area contributed by atoms with Gasteiger partial charge in [-0.25, -0.2) is 4.98 Å². The molecule has 0 aliphatic rings. The molecular weight excluding hydrogens is 302 g/mol. The summed E-state index contributed by atoms with van der Waals surface area (Å²) in [5, 5.41) is 3.74. The molecule has 0 amide bonds. The third-order valence-corrected chi connectivity index (χ3v) is 3.37. The standard InChI is InChI=1S/C16H14F2N4O/c1-20-14-11-7-6-9(8-12(11)21-16(19)22-14)10-4-2-3-5-13(10)23-15(17)18/h2-8,15H,1H3,(H3,19,20,21,22). The molecule has 0 spiro atoms. The predicted molar refractivity (Wildman–Crippen MR) is 85.6 cm³/mol. The van der Waals surface area contributed by atoms with E-state index in [1.165, 1.54) is 6.07 Å². The topological polar surface area (TPSA) is 73.1 Å². The van der Waals surface area contributed by atoms with E-state index in [1.807, 2.05) is 6.07 Å². The molecule has 3 rings (SSSR count). The minimum absolute atomic E-state index is 0.109. The van der Waals surface area contributed by atoms with E-state index in [1.54, 1.807) is 37.4 Å². The SMILES string of the molecule is CNc1nc(N)nc2cc(-c3ccccc3OC(F)F)ccc12. The molecule has 0 aliphatic carbocycles. The third-order valence-electron chi connectivity index (χ3n) is 3.37. The summed E-state index contributed by atoms with van der Waals surface area (Å²) in [6.07, 6.45) is 0. The summed E-state index contributed by atoms with van der Waals surface area (Å²) in [6, 6.07) is 12.0. The van der Waals surface area contributed by atoms with Gasteiger partial charge in [0.1, 0.15) is 11.6 Å². The van der Waals surface area contributed by atoms with Gasteiger partial charge in [-0.3, -0.25) is 0 Å². The van der Waals surface area contributed by atoms with Crippen LogP contribution in [0.15, 0.2) is 42.5 Å². The second-order valence-corrected chi connectivity index (χ2v) is 4.79. The van der Waals surface area contributed by atoms with Crippen LogP contribution in [0.4, 0.5) is 20.5 Å². The Morgan fingerprint density at radius 2 is 1.91 bits per heavy atom. The molecule has 3 aromatic rings. The minimum Gasteiger partial charge on any atom is -0.434 e. The Kier molecular flexibility index (Phi) is 3.92. The van der Waals surface area contributed by atoms with Gasteiger partial charge in [0.05, 0.1) is 5.52 Å². The molecule has 5 nitrogen and oxygen atoms in total. The Morgan fingerprint density at radius 3 is 2.65 bits per heavy atom. The zero-order chi connectivity index (χ0) is 16.4. The second kappa shape index (κ2) is 6.04. The maximum Gasteiger partial charge on any atom is 0.387 e. The molecule has 1 aromatic heterocycles. The predicted octanol–water partition coefficient (Wildman–Crippen LogP) is 3.52. The quantitative estimate of drug-likeness (QED) is 0.770. The molecule has 0 bridgehead atoms. The summed E-state index contributed by atoms with van der Waals surface area (Å²) in [6.45, 7) is -2.88. The van der Waals surface area contributed by atoms with Crippen molar-refractivity contribution >= 4 is 22.7 Å². The fourth-order valence-corrected chi connectivity index (χ4v) is 2.41. The molecule has 0 unspecified atom stereocenters. The lowest BCUT2D eigenvalue weighted by atomic mass is 10.0.